The largest absolute Gasteiger partial charge is 0.370 e. The number of para-hydroxylation sites is 1. The lowest BCUT2D eigenvalue weighted by atomic mass is 10.0. The van der Waals surface area contributed by atoms with Crippen LogP contribution in [0.25, 0.3) is 10.9 Å². The molecule has 3 aromatic rings. The number of aryl methyl sites for hydroxylation is 1. The highest BCUT2D eigenvalue weighted by molar-refractivity contribution is 14.0. The molecule has 0 amide bonds. The Morgan fingerprint density at radius 1 is 1.21 bits per heavy atom. The summed E-state index contributed by atoms with van der Waals surface area (Å²) in [6, 6.07) is 16.9. The fraction of sp³-hybridized carbons (Fsp3) is 0.348. The Labute approximate surface area is 189 Å². The van der Waals surface area contributed by atoms with Gasteiger partial charge in [0.1, 0.15) is 6.10 Å². The van der Waals surface area contributed by atoms with Crippen LogP contribution in [0, 0.1) is 6.92 Å². The fourth-order valence-corrected chi connectivity index (χ4v) is 3.96. The zero-order valence-electron chi connectivity index (χ0n) is 17.0. The van der Waals surface area contributed by atoms with Crippen LogP contribution in [0.5, 0.6) is 0 Å². The summed E-state index contributed by atoms with van der Waals surface area (Å²) in [6.45, 7) is 5.38. The number of aromatic nitrogens is 1. The highest BCUT2D eigenvalue weighted by Crippen LogP contribution is 2.25. The third kappa shape index (κ3) is 4.93. The fourth-order valence-electron chi connectivity index (χ4n) is 3.96. The number of halogens is 1. The van der Waals surface area contributed by atoms with Gasteiger partial charge in [-0.05, 0) is 36.1 Å². The SMILES string of the molecule is CN=C(NCCc1c[nH]c2ccccc12)N1CCOC(c2ccccc2C)C1.I. The number of H-pyrrole nitrogens is 1. The van der Waals surface area contributed by atoms with Crippen molar-refractivity contribution < 1.29 is 4.74 Å². The van der Waals surface area contributed by atoms with Gasteiger partial charge in [0.25, 0.3) is 0 Å². The molecule has 2 N–H and O–H groups in total. The van der Waals surface area contributed by atoms with E-state index in [2.05, 4.69) is 81.8 Å². The molecule has 5 nitrogen and oxygen atoms in total. The first-order chi connectivity index (χ1) is 13.8. The number of benzene rings is 2. The molecule has 2 aromatic carbocycles. The van der Waals surface area contributed by atoms with Crippen LogP contribution in [0.1, 0.15) is 22.8 Å². The lowest BCUT2D eigenvalue weighted by molar-refractivity contribution is -0.00829. The van der Waals surface area contributed by atoms with E-state index in [1.54, 1.807) is 0 Å². The van der Waals surface area contributed by atoms with E-state index in [0.29, 0.717) is 6.61 Å². The maximum Gasteiger partial charge on any atom is 0.193 e. The number of fused-ring (bicyclic) bond motifs is 1. The number of nitrogens with zero attached hydrogens (tertiary/aromatic N) is 2. The van der Waals surface area contributed by atoms with Crippen molar-refractivity contribution in [2.45, 2.75) is 19.4 Å². The zero-order chi connectivity index (χ0) is 19.3. The lowest BCUT2D eigenvalue weighted by Gasteiger charge is -2.35. The molecule has 154 valence electrons. The van der Waals surface area contributed by atoms with E-state index in [-0.39, 0.29) is 30.1 Å². The Kier molecular flexibility index (Phi) is 7.55. The molecule has 0 radical (unpaired) electrons. The molecule has 29 heavy (non-hydrogen) atoms. The lowest BCUT2D eigenvalue weighted by Crippen LogP contribution is -2.48. The predicted octanol–water partition coefficient (Wildman–Crippen LogP) is 4.29. The Hall–Kier alpha value is -2.06. The predicted molar refractivity (Wildman–Crippen MR) is 130 cm³/mol. The molecule has 0 saturated carbocycles. The first kappa shape index (κ1) is 21.6. The van der Waals surface area contributed by atoms with Crippen LogP contribution in [0.3, 0.4) is 0 Å². The Bertz CT molecular complexity index is 968. The van der Waals surface area contributed by atoms with Gasteiger partial charge in [0.15, 0.2) is 5.96 Å². The van der Waals surface area contributed by atoms with Gasteiger partial charge in [-0.25, -0.2) is 0 Å². The highest BCUT2D eigenvalue weighted by atomic mass is 127. The molecule has 0 spiro atoms. The van der Waals surface area contributed by atoms with Crippen LogP contribution >= 0.6 is 24.0 Å². The number of aromatic amines is 1. The summed E-state index contributed by atoms with van der Waals surface area (Å²) in [5.74, 6) is 0.946. The van der Waals surface area contributed by atoms with E-state index in [1.807, 2.05) is 7.05 Å². The van der Waals surface area contributed by atoms with Gasteiger partial charge in [-0.1, -0.05) is 42.5 Å². The Morgan fingerprint density at radius 2 is 2.00 bits per heavy atom. The number of nitrogens with one attached hydrogen (secondary N) is 2. The maximum atomic E-state index is 6.05. The van der Waals surface area contributed by atoms with Gasteiger partial charge in [-0.3, -0.25) is 4.99 Å². The molecule has 4 rings (SSSR count). The molecule has 1 unspecified atom stereocenters. The van der Waals surface area contributed by atoms with E-state index < -0.39 is 0 Å². The zero-order valence-corrected chi connectivity index (χ0v) is 19.4. The number of ether oxygens (including phenoxy) is 1. The highest BCUT2D eigenvalue weighted by Gasteiger charge is 2.25. The number of rotatable bonds is 4. The van der Waals surface area contributed by atoms with Crippen molar-refractivity contribution in [2.24, 2.45) is 4.99 Å². The van der Waals surface area contributed by atoms with E-state index >= 15 is 0 Å². The standard InChI is InChI=1S/C23H28N4O.HI/c1-17-7-3-4-8-19(17)22-16-27(13-14-28-22)23(24-2)25-12-11-18-15-26-21-10-6-5-9-20(18)21;/h3-10,15,22,26H,11-14,16H2,1-2H3,(H,24,25);1H. The third-order valence-electron chi connectivity index (χ3n) is 5.47. The quantitative estimate of drug-likeness (QED) is 0.317. The number of hydrogen-bond donors (Lipinski definition) is 2. The van der Waals surface area contributed by atoms with E-state index in [4.69, 9.17) is 4.74 Å². The van der Waals surface area contributed by atoms with Crippen LogP contribution in [0.2, 0.25) is 0 Å². The van der Waals surface area contributed by atoms with E-state index in [0.717, 1.165) is 32.0 Å². The van der Waals surface area contributed by atoms with Crippen LogP contribution in [-0.2, 0) is 11.2 Å². The van der Waals surface area contributed by atoms with Gasteiger partial charge in [-0.2, -0.15) is 0 Å². The first-order valence-corrected chi connectivity index (χ1v) is 9.94. The molecular weight excluding hydrogens is 475 g/mol. The molecule has 1 saturated heterocycles. The molecule has 2 heterocycles. The molecule has 1 aromatic heterocycles. The molecule has 1 aliphatic heterocycles. The average molecular weight is 504 g/mol. The van der Waals surface area contributed by atoms with Crippen LogP contribution < -0.4 is 5.32 Å². The third-order valence-corrected chi connectivity index (χ3v) is 5.47. The summed E-state index contributed by atoms with van der Waals surface area (Å²) >= 11 is 0. The number of aliphatic imine (C=N–C) groups is 1. The summed E-state index contributed by atoms with van der Waals surface area (Å²) in [6.07, 6.45) is 3.15. The summed E-state index contributed by atoms with van der Waals surface area (Å²) in [5, 5.41) is 4.83. The van der Waals surface area contributed by atoms with Crippen molar-refractivity contribution in [3.63, 3.8) is 0 Å². The van der Waals surface area contributed by atoms with Gasteiger partial charge < -0.3 is 19.9 Å². The monoisotopic (exact) mass is 504 g/mol. The topological polar surface area (TPSA) is 52.7 Å². The van der Waals surface area contributed by atoms with Crippen LogP contribution in [0.4, 0.5) is 0 Å². The minimum atomic E-state index is 0. The van der Waals surface area contributed by atoms with Gasteiger partial charge in [0, 0.05) is 37.2 Å². The summed E-state index contributed by atoms with van der Waals surface area (Å²) in [5.41, 5.74) is 5.06. The number of guanidine groups is 1. The van der Waals surface area contributed by atoms with Crippen molar-refractivity contribution in [3.8, 4) is 0 Å². The van der Waals surface area contributed by atoms with Gasteiger partial charge >= 0.3 is 0 Å². The summed E-state index contributed by atoms with van der Waals surface area (Å²) in [4.78, 5) is 10.2. The molecule has 1 atom stereocenters. The Balaban J connectivity index is 0.00000240. The summed E-state index contributed by atoms with van der Waals surface area (Å²) < 4.78 is 6.05. The first-order valence-electron chi connectivity index (χ1n) is 9.94. The van der Waals surface area contributed by atoms with Gasteiger partial charge in [-0.15, -0.1) is 24.0 Å². The second-order valence-corrected chi connectivity index (χ2v) is 7.25. The smallest absolute Gasteiger partial charge is 0.193 e. The molecule has 0 bridgehead atoms. The van der Waals surface area contributed by atoms with Gasteiger partial charge in [0.05, 0.1) is 13.2 Å². The molecule has 6 heteroatoms. The average Bonchev–Trinajstić information content (AvgIpc) is 3.15. The van der Waals surface area contributed by atoms with Crippen molar-refractivity contribution >= 4 is 40.8 Å². The molecule has 1 fully saturated rings. The molecule has 1 aliphatic rings. The Morgan fingerprint density at radius 3 is 2.83 bits per heavy atom. The maximum absolute atomic E-state index is 6.05. The summed E-state index contributed by atoms with van der Waals surface area (Å²) in [7, 11) is 1.85. The van der Waals surface area contributed by atoms with Gasteiger partial charge in [0.2, 0.25) is 0 Å². The van der Waals surface area contributed by atoms with Crippen LogP contribution in [-0.4, -0.2) is 49.1 Å². The van der Waals surface area contributed by atoms with E-state index in [1.165, 1.54) is 27.6 Å². The number of hydrogen-bond acceptors (Lipinski definition) is 2. The minimum absolute atomic E-state index is 0. The minimum Gasteiger partial charge on any atom is -0.370 e. The second-order valence-electron chi connectivity index (χ2n) is 7.25. The van der Waals surface area contributed by atoms with Crippen molar-refractivity contribution in [2.75, 3.05) is 33.3 Å². The second kappa shape index (κ2) is 10.1. The number of morpholine rings is 1. The van der Waals surface area contributed by atoms with E-state index in [9.17, 15) is 0 Å². The van der Waals surface area contributed by atoms with Crippen molar-refractivity contribution in [1.29, 1.82) is 0 Å². The molecular formula is C23H29IN4O. The normalized spacial score (nSPS) is 17.2. The van der Waals surface area contributed by atoms with Crippen molar-refractivity contribution in [1.82, 2.24) is 15.2 Å². The van der Waals surface area contributed by atoms with Crippen molar-refractivity contribution in [3.05, 3.63) is 71.4 Å². The molecule has 0 aliphatic carbocycles. The van der Waals surface area contributed by atoms with Crippen LogP contribution in [0.15, 0.2) is 59.7 Å².